The monoisotopic (exact) mass is 666 g/mol. The van der Waals surface area contributed by atoms with Crippen molar-refractivity contribution in [1.82, 2.24) is 4.57 Å². The Hall–Kier alpha value is -1.72. The Morgan fingerprint density at radius 2 is 1.70 bits per heavy atom. The molecule has 2 aromatic carbocycles. The molecule has 0 amide bonds. The summed E-state index contributed by atoms with van der Waals surface area (Å²) in [5.74, 6) is 1.07. The third-order valence-electron chi connectivity index (χ3n) is 6.85. The van der Waals surface area contributed by atoms with Crippen molar-refractivity contribution in [1.29, 1.82) is 0 Å². The van der Waals surface area contributed by atoms with Crippen LogP contribution in [0.4, 0.5) is 17.1 Å². The zero-order valence-electron chi connectivity index (χ0n) is 21.5. The van der Waals surface area contributed by atoms with Gasteiger partial charge in [0.05, 0.1) is 27.3 Å². The summed E-state index contributed by atoms with van der Waals surface area (Å²) in [5.41, 5.74) is 3.69. The quantitative estimate of drug-likeness (QED) is 0.399. The van der Waals surface area contributed by atoms with Gasteiger partial charge in [-0.15, -0.1) is 11.3 Å². The molecule has 37 heavy (non-hydrogen) atoms. The topological polar surface area (TPSA) is 32.9 Å². The minimum absolute atomic E-state index is 0. The van der Waals surface area contributed by atoms with Crippen LogP contribution in [0.25, 0.3) is 12.2 Å². The number of aromatic nitrogens is 1. The summed E-state index contributed by atoms with van der Waals surface area (Å²) in [6.45, 7) is 11.9. The number of anilines is 2. The van der Waals surface area contributed by atoms with E-state index in [2.05, 4.69) is 73.1 Å². The average molecular weight is 667 g/mol. The lowest BCUT2D eigenvalue weighted by Crippen LogP contribution is -3.08. The second-order valence-corrected chi connectivity index (χ2v) is 11.4. The second kappa shape index (κ2) is 12.0. The van der Waals surface area contributed by atoms with Gasteiger partial charge < -0.3 is 33.8 Å². The molecule has 0 spiro atoms. The first-order chi connectivity index (χ1) is 17.5. The van der Waals surface area contributed by atoms with Gasteiger partial charge in [0, 0.05) is 36.8 Å². The molecule has 2 atom stereocenters. The lowest BCUT2D eigenvalue weighted by atomic mass is 10.2. The van der Waals surface area contributed by atoms with E-state index in [9.17, 15) is 4.79 Å². The van der Waals surface area contributed by atoms with Crippen molar-refractivity contribution in [3.63, 3.8) is 0 Å². The summed E-state index contributed by atoms with van der Waals surface area (Å²) in [5, 5.41) is 0.989. The van der Waals surface area contributed by atoms with Crippen LogP contribution >= 0.6 is 34.7 Å². The zero-order valence-corrected chi connectivity index (χ0v) is 26.0. The van der Waals surface area contributed by atoms with Crippen molar-refractivity contribution < 1.29 is 28.9 Å². The van der Waals surface area contributed by atoms with Gasteiger partial charge in [0.1, 0.15) is 16.2 Å². The van der Waals surface area contributed by atoms with E-state index < -0.39 is 0 Å². The van der Waals surface area contributed by atoms with Gasteiger partial charge in [-0.3, -0.25) is 14.3 Å². The summed E-state index contributed by atoms with van der Waals surface area (Å²) in [6, 6.07) is 14.7. The van der Waals surface area contributed by atoms with Crippen molar-refractivity contribution in [2.45, 2.75) is 44.5 Å². The molecule has 2 unspecified atom stereocenters. The lowest BCUT2D eigenvalue weighted by molar-refractivity contribution is -0.830. The molecule has 2 aliphatic heterocycles. The number of nitrogens with one attached hydrogen (secondary N) is 1. The smallest absolute Gasteiger partial charge is 0.269 e. The number of hydrogen-bond acceptors (Lipinski definition) is 5. The number of quaternary nitrogens is 1. The maximum absolute atomic E-state index is 13.4. The molecule has 0 radical (unpaired) electrons. The Morgan fingerprint density at radius 3 is 2.41 bits per heavy atom. The van der Waals surface area contributed by atoms with Gasteiger partial charge in [0.2, 0.25) is 0 Å². The molecule has 0 aliphatic carbocycles. The molecule has 2 aliphatic rings. The van der Waals surface area contributed by atoms with Crippen molar-refractivity contribution in [3.05, 3.63) is 78.9 Å². The summed E-state index contributed by atoms with van der Waals surface area (Å²) >= 11 is 9.78. The largest absolute Gasteiger partial charge is 1.00 e. The Labute approximate surface area is 248 Å². The number of allylic oxidation sites excluding steroid dienone is 1. The number of para-hydroxylation sites is 1. The van der Waals surface area contributed by atoms with Crippen LogP contribution < -0.4 is 53.4 Å². The molecule has 1 aromatic heterocycles. The Balaban J connectivity index is 0.00000320. The molecule has 0 bridgehead atoms. The fourth-order valence-corrected chi connectivity index (χ4v) is 7.88. The summed E-state index contributed by atoms with van der Waals surface area (Å²) in [7, 11) is 0. The molecule has 1 N–H and O–H groups in total. The number of halogens is 2. The Morgan fingerprint density at radius 1 is 0.973 bits per heavy atom. The van der Waals surface area contributed by atoms with E-state index in [0.717, 1.165) is 51.0 Å². The van der Waals surface area contributed by atoms with Gasteiger partial charge >= 0.3 is 0 Å². The minimum atomic E-state index is 0. The van der Waals surface area contributed by atoms with Crippen LogP contribution in [0.3, 0.4) is 0 Å². The number of hydrogen-bond donors (Lipinski definition) is 1. The molecule has 0 saturated carbocycles. The highest BCUT2D eigenvalue weighted by Gasteiger charge is 2.33. The van der Waals surface area contributed by atoms with E-state index in [1.807, 2.05) is 41.5 Å². The summed E-state index contributed by atoms with van der Waals surface area (Å²) in [6.07, 6.45) is 6.36. The molecule has 5 rings (SSSR count). The normalized spacial score (nSPS) is 20.5. The van der Waals surface area contributed by atoms with Crippen LogP contribution in [0.15, 0.2) is 64.1 Å². The second-order valence-electron chi connectivity index (χ2n) is 8.75. The zero-order chi connectivity index (χ0) is 25.4. The van der Waals surface area contributed by atoms with E-state index in [-0.39, 0.29) is 34.9 Å². The van der Waals surface area contributed by atoms with Gasteiger partial charge in [-0.25, -0.2) is 0 Å². The van der Waals surface area contributed by atoms with Crippen LogP contribution in [-0.2, 0) is 6.54 Å². The van der Waals surface area contributed by atoms with Crippen molar-refractivity contribution >= 4 is 63.9 Å². The van der Waals surface area contributed by atoms with E-state index in [0.29, 0.717) is 6.54 Å². The van der Waals surface area contributed by atoms with E-state index in [1.54, 1.807) is 11.3 Å². The SMILES string of the molecule is CCN1/C(=C\C=c2\s/c(=C\C3Sc4ccccc4[NH+]3CC)n(CC)c2=O)N(CC)c2cc(Cl)ccc21.[I-]. The van der Waals surface area contributed by atoms with Crippen LogP contribution in [-0.4, -0.2) is 29.6 Å². The Bertz CT molecular complexity index is 1500. The van der Waals surface area contributed by atoms with E-state index in [1.165, 1.54) is 15.5 Å². The highest BCUT2D eigenvalue weighted by atomic mass is 127. The molecule has 5 nitrogen and oxygen atoms in total. The molecule has 0 fully saturated rings. The first-order valence-electron chi connectivity index (χ1n) is 12.6. The number of fused-ring (bicyclic) bond motifs is 2. The van der Waals surface area contributed by atoms with Crippen LogP contribution in [0, 0.1) is 0 Å². The maximum Gasteiger partial charge on any atom is 0.269 e. The molecule has 196 valence electrons. The van der Waals surface area contributed by atoms with Crippen LogP contribution in [0.1, 0.15) is 27.7 Å². The van der Waals surface area contributed by atoms with Crippen LogP contribution in [0.2, 0.25) is 5.02 Å². The lowest BCUT2D eigenvalue weighted by Gasteiger charge is -2.23. The van der Waals surface area contributed by atoms with Crippen molar-refractivity contribution in [2.24, 2.45) is 0 Å². The first-order valence-corrected chi connectivity index (χ1v) is 14.7. The molecule has 3 heterocycles. The van der Waals surface area contributed by atoms with E-state index in [4.69, 9.17) is 11.6 Å². The third kappa shape index (κ3) is 5.15. The predicted molar refractivity (Wildman–Crippen MR) is 155 cm³/mol. The Kier molecular flexibility index (Phi) is 9.17. The fraction of sp³-hybridized carbons (Fsp3) is 0.321. The van der Waals surface area contributed by atoms with Gasteiger partial charge in [-0.1, -0.05) is 35.5 Å². The van der Waals surface area contributed by atoms with Gasteiger partial charge in [0.15, 0.2) is 5.37 Å². The average Bonchev–Trinajstić information content (AvgIpc) is 3.49. The van der Waals surface area contributed by atoms with Gasteiger partial charge in [0.25, 0.3) is 5.56 Å². The van der Waals surface area contributed by atoms with Crippen molar-refractivity contribution in [3.8, 4) is 0 Å². The number of thiazole rings is 1. The minimum Gasteiger partial charge on any atom is -1.00 e. The maximum atomic E-state index is 13.4. The number of rotatable bonds is 6. The molecular weight excluding hydrogens is 635 g/mol. The first kappa shape index (κ1) is 28.3. The fourth-order valence-electron chi connectivity index (χ4n) is 5.15. The highest BCUT2D eigenvalue weighted by molar-refractivity contribution is 8.00. The molecule has 9 heteroatoms. The standard InChI is InChI=1S/C28H31ClN4OS2.HI/c1-5-30-20-14-13-19(29)17-22(20)31(6-2)25(30)16-15-24-28(34)33(8-4)27(36-24)18-26-32(7-3)21-11-9-10-12-23(21)35-26;/h9-18,26H,5-8H2,1-4H3;1H/b24-15+,25-16+,27-18-;. The number of nitrogens with zero attached hydrogens (tertiary/aromatic N) is 3. The number of thioether (sulfide) groups is 1. The van der Waals surface area contributed by atoms with Crippen LogP contribution in [0.5, 0.6) is 0 Å². The summed E-state index contributed by atoms with van der Waals surface area (Å²) in [4.78, 5) is 20.7. The highest BCUT2D eigenvalue weighted by Crippen LogP contribution is 2.42. The molecular formula is C28H32ClIN4OS2. The van der Waals surface area contributed by atoms with E-state index >= 15 is 0 Å². The van der Waals surface area contributed by atoms with Gasteiger partial charge in [-0.2, -0.15) is 0 Å². The predicted octanol–water partition coefficient (Wildman–Crippen LogP) is 1.02. The molecule has 3 aromatic rings. The third-order valence-corrected chi connectivity index (χ3v) is 9.46. The van der Waals surface area contributed by atoms with Gasteiger partial charge in [-0.05, 0) is 64.1 Å². The molecule has 0 saturated heterocycles. The number of benzene rings is 2. The van der Waals surface area contributed by atoms with Crippen molar-refractivity contribution in [2.75, 3.05) is 29.4 Å². The summed E-state index contributed by atoms with van der Waals surface area (Å²) < 4.78 is 3.70.